The van der Waals surface area contributed by atoms with Crippen molar-refractivity contribution < 1.29 is 32.5 Å². The van der Waals surface area contributed by atoms with Crippen molar-refractivity contribution in [2.24, 2.45) is 0 Å². The molecule has 5 aromatic rings. The molecule has 48 heavy (non-hydrogen) atoms. The zero-order valence-electron chi connectivity index (χ0n) is 26.5. The first kappa shape index (κ1) is 30.9. The molecule has 0 bridgehead atoms. The lowest BCUT2D eigenvalue weighted by molar-refractivity contribution is 0.102. The average Bonchev–Trinajstić information content (AvgIpc) is 3.08. The van der Waals surface area contributed by atoms with Crippen LogP contribution in [-0.2, 0) is 0 Å². The second kappa shape index (κ2) is 12.2. The van der Waals surface area contributed by atoms with E-state index < -0.39 is 23.0 Å². The molecule has 0 radical (unpaired) electrons. The van der Waals surface area contributed by atoms with Gasteiger partial charge in [-0.05, 0) is 31.3 Å². The summed E-state index contributed by atoms with van der Waals surface area (Å²) in [4.78, 5) is 39.5. The molecule has 0 unspecified atom stereocenters. The van der Waals surface area contributed by atoms with Crippen molar-refractivity contribution in [2.45, 2.75) is 0 Å². The Morgan fingerprint density at radius 2 is 1.67 bits per heavy atom. The number of pyridine rings is 1. The standard InChI is InChI=1S/C33H31F2N7O6/c1-39-7-9-41(10-8-39)29-23(35)12-20-28-31(29)47-17-40(2)42(28)15-21(30(20)43)32(44)38-18-5-6-25(22(34)11-18)48-33-19-13-26(45-3)27(46-4)14-24(19)36-16-37-33/h5-6,11-16H,7-10,17H2,1-4H3,(H,38,44). The number of carbonyl (C=O) groups excluding carboxylic acids is 1. The maximum absolute atomic E-state index is 15.7. The number of halogens is 2. The molecule has 1 fully saturated rings. The molecule has 0 aliphatic carbocycles. The van der Waals surface area contributed by atoms with Gasteiger partial charge in [-0.2, -0.15) is 0 Å². The highest BCUT2D eigenvalue weighted by Gasteiger charge is 2.30. The summed E-state index contributed by atoms with van der Waals surface area (Å²) in [7, 11) is 6.70. The molecule has 1 saturated heterocycles. The van der Waals surface area contributed by atoms with Crippen molar-refractivity contribution in [3.05, 3.63) is 76.3 Å². The summed E-state index contributed by atoms with van der Waals surface area (Å²) in [5, 5.41) is 4.68. The van der Waals surface area contributed by atoms with Gasteiger partial charge in [-0.25, -0.2) is 18.7 Å². The third-order valence-corrected chi connectivity index (χ3v) is 8.48. The third kappa shape index (κ3) is 5.31. The molecule has 1 N–H and O–H groups in total. The van der Waals surface area contributed by atoms with Crippen molar-refractivity contribution in [3.63, 3.8) is 0 Å². The number of hydrogen-bond acceptors (Lipinski definition) is 11. The number of anilines is 2. The summed E-state index contributed by atoms with van der Waals surface area (Å²) >= 11 is 0. The Bertz CT molecular complexity index is 2150. The molecule has 7 rings (SSSR count). The quantitative estimate of drug-likeness (QED) is 0.273. The number of nitrogens with zero attached hydrogens (tertiary/aromatic N) is 6. The van der Waals surface area contributed by atoms with Gasteiger partial charge in [0.05, 0.1) is 30.5 Å². The van der Waals surface area contributed by atoms with Gasteiger partial charge >= 0.3 is 0 Å². The fourth-order valence-corrected chi connectivity index (χ4v) is 5.91. The molecule has 3 aromatic carbocycles. The Kier molecular flexibility index (Phi) is 7.83. The number of likely N-dealkylation sites (N-methyl/N-ethyl adjacent to an activating group) is 1. The summed E-state index contributed by atoms with van der Waals surface area (Å²) in [6, 6.07) is 8.22. The zero-order chi connectivity index (χ0) is 33.7. The minimum atomic E-state index is -0.801. The number of methoxy groups -OCH3 is 2. The fraction of sp³-hybridized carbons (Fsp3) is 0.273. The van der Waals surface area contributed by atoms with Crippen LogP contribution in [-0.4, -0.2) is 86.7 Å². The van der Waals surface area contributed by atoms with Crippen molar-refractivity contribution >= 4 is 39.1 Å². The van der Waals surface area contributed by atoms with Crippen LogP contribution in [0.4, 0.5) is 20.2 Å². The summed E-state index contributed by atoms with van der Waals surface area (Å²) in [5.74, 6) is -1.18. The number of piperazine rings is 1. The van der Waals surface area contributed by atoms with Gasteiger partial charge in [0, 0.05) is 57.2 Å². The van der Waals surface area contributed by atoms with Gasteiger partial charge in [0.2, 0.25) is 11.3 Å². The van der Waals surface area contributed by atoms with Crippen LogP contribution in [0, 0.1) is 11.6 Å². The monoisotopic (exact) mass is 659 g/mol. The zero-order valence-corrected chi connectivity index (χ0v) is 26.5. The molecule has 248 valence electrons. The smallest absolute Gasteiger partial charge is 0.261 e. The Hall–Kier alpha value is -5.70. The number of aromatic nitrogens is 3. The second-order valence-electron chi connectivity index (χ2n) is 11.5. The van der Waals surface area contributed by atoms with Gasteiger partial charge in [-0.1, -0.05) is 0 Å². The van der Waals surface area contributed by atoms with Gasteiger partial charge in [-0.3, -0.25) is 19.3 Å². The Labute approximate surface area is 272 Å². The first-order valence-corrected chi connectivity index (χ1v) is 15.0. The van der Waals surface area contributed by atoms with Crippen molar-refractivity contribution in [1.29, 1.82) is 0 Å². The van der Waals surface area contributed by atoms with Gasteiger partial charge < -0.3 is 34.1 Å². The Morgan fingerprint density at radius 3 is 2.40 bits per heavy atom. The van der Waals surface area contributed by atoms with Crippen LogP contribution in [0.3, 0.4) is 0 Å². The SMILES string of the molecule is COc1cc2ncnc(Oc3ccc(NC(=O)c4cn5c6c(c(N7CCN(C)CC7)c(F)cc6c4=O)OCN5C)cc3F)c2cc1OC. The van der Waals surface area contributed by atoms with Crippen molar-refractivity contribution in [3.8, 4) is 28.9 Å². The van der Waals surface area contributed by atoms with Gasteiger partial charge in [0.25, 0.3) is 5.91 Å². The van der Waals surface area contributed by atoms with E-state index in [1.807, 2.05) is 11.9 Å². The predicted molar refractivity (Wildman–Crippen MR) is 175 cm³/mol. The minimum absolute atomic E-state index is 0.0131. The fourth-order valence-electron chi connectivity index (χ4n) is 5.91. The molecule has 2 aliphatic rings. The van der Waals surface area contributed by atoms with Crippen LogP contribution in [0.5, 0.6) is 28.9 Å². The molecule has 2 aliphatic heterocycles. The van der Waals surface area contributed by atoms with E-state index in [9.17, 15) is 9.59 Å². The second-order valence-corrected chi connectivity index (χ2v) is 11.5. The number of fused-ring (bicyclic) bond motifs is 1. The lowest BCUT2D eigenvalue weighted by atomic mass is 10.1. The highest BCUT2D eigenvalue weighted by atomic mass is 19.1. The number of rotatable bonds is 7. The van der Waals surface area contributed by atoms with E-state index in [0.717, 1.165) is 25.2 Å². The number of carbonyl (C=O) groups is 1. The lowest BCUT2D eigenvalue weighted by Crippen LogP contribution is -2.46. The number of benzene rings is 3. The number of hydrogen-bond donors (Lipinski definition) is 1. The highest BCUT2D eigenvalue weighted by Crippen LogP contribution is 2.41. The molecule has 15 heteroatoms. The predicted octanol–water partition coefficient (Wildman–Crippen LogP) is 3.95. The van der Waals surface area contributed by atoms with Crippen LogP contribution >= 0.6 is 0 Å². The molecular formula is C33H31F2N7O6. The first-order chi connectivity index (χ1) is 23.2. The van der Waals surface area contributed by atoms with Gasteiger partial charge in [0.1, 0.15) is 23.1 Å². The maximum atomic E-state index is 15.7. The Morgan fingerprint density at radius 1 is 0.917 bits per heavy atom. The minimum Gasteiger partial charge on any atom is -0.493 e. The van der Waals surface area contributed by atoms with Crippen LogP contribution < -0.4 is 39.6 Å². The lowest BCUT2D eigenvalue weighted by Gasteiger charge is -2.37. The summed E-state index contributed by atoms with van der Waals surface area (Å²) < 4.78 is 55.0. The van der Waals surface area contributed by atoms with Crippen molar-refractivity contribution in [2.75, 3.05) is 76.5 Å². The molecular weight excluding hydrogens is 628 g/mol. The van der Waals surface area contributed by atoms with E-state index in [1.54, 1.807) is 28.9 Å². The van der Waals surface area contributed by atoms with Crippen molar-refractivity contribution in [1.82, 2.24) is 19.5 Å². The number of nitrogens with one attached hydrogen (secondary N) is 1. The normalized spacial score (nSPS) is 14.6. The maximum Gasteiger partial charge on any atom is 0.261 e. The molecule has 13 nitrogen and oxygen atoms in total. The molecule has 4 heterocycles. The topological polar surface area (TPSA) is 124 Å². The van der Waals surface area contributed by atoms with E-state index in [1.165, 1.54) is 38.9 Å². The Balaban J connectivity index is 1.18. The molecule has 2 aromatic heterocycles. The van der Waals surface area contributed by atoms with Gasteiger partial charge in [0.15, 0.2) is 41.4 Å². The summed E-state index contributed by atoms with van der Waals surface area (Å²) in [5.41, 5.74) is 0.262. The first-order valence-electron chi connectivity index (χ1n) is 15.0. The summed E-state index contributed by atoms with van der Waals surface area (Å²) in [6.07, 6.45) is 2.66. The van der Waals surface area contributed by atoms with Crippen LogP contribution in [0.1, 0.15) is 10.4 Å². The largest absolute Gasteiger partial charge is 0.493 e. The van der Waals surface area contributed by atoms with Crippen LogP contribution in [0.25, 0.3) is 21.8 Å². The third-order valence-electron chi connectivity index (χ3n) is 8.48. The van der Waals surface area contributed by atoms with E-state index in [4.69, 9.17) is 18.9 Å². The average molecular weight is 660 g/mol. The van der Waals surface area contributed by atoms with Gasteiger partial charge in [-0.15, -0.1) is 0 Å². The number of ether oxygens (including phenoxy) is 4. The molecule has 1 amide bonds. The number of amides is 1. The van der Waals surface area contributed by atoms with E-state index in [2.05, 4.69) is 20.2 Å². The van der Waals surface area contributed by atoms with Crippen LogP contribution in [0.2, 0.25) is 0 Å². The molecule has 0 saturated carbocycles. The van der Waals surface area contributed by atoms with E-state index in [-0.39, 0.29) is 40.7 Å². The van der Waals surface area contributed by atoms with Crippen LogP contribution in [0.15, 0.2) is 53.7 Å². The highest BCUT2D eigenvalue weighted by molar-refractivity contribution is 6.06. The molecule has 0 atom stereocenters. The summed E-state index contributed by atoms with van der Waals surface area (Å²) in [6.45, 7) is 2.74. The molecule has 0 spiro atoms. The van der Waals surface area contributed by atoms with E-state index in [0.29, 0.717) is 46.7 Å². The van der Waals surface area contributed by atoms with E-state index >= 15 is 8.78 Å².